The molecule has 0 aromatic rings. The fourth-order valence-corrected chi connectivity index (χ4v) is 3.16. The monoisotopic (exact) mass is 712 g/mol. The highest BCUT2D eigenvalue weighted by Gasteiger charge is 2.14. The Morgan fingerprint density at radius 2 is 0.633 bits per heavy atom. The minimum absolute atomic E-state index is 0.0111. The summed E-state index contributed by atoms with van der Waals surface area (Å²) in [7, 11) is 0. The number of aliphatic carboxylic acids is 1. The van der Waals surface area contributed by atoms with Crippen LogP contribution in [-0.2, 0) is 76.0 Å². The number of terminal acetylenes is 1. The molecule has 0 atom stereocenters. The average molecular weight is 713 g/mol. The maximum atomic E-state index is 11.4. The summed E-state index contributed by atoms with van der Waals surface area (Å²) in [6.07, 6.45) is 4.41. The normalized spacial score (nSPS) is 11.1. The molecule has 0 saturated heterocycles. The van der Waals surface area contributed by atoms with E-state index in [2.05, 4.69) is 5.92 Å². The molecule has 0 amide bonds. The Morgan fingerprint density at radius 1 is 0.388 bits per heavy atom. The molecule has 17 heteroatoms. The molecule has 1 N–H and O–H groups in total. The molecule has 0 rings (SSSR count). The van der Waals surface area contributed by atoms with Gasteiger partial charge in [0, 0.05) is 6.42 Å². The van der Waals surface area contributed by atoms with Crippen LogP contribution in [0.4, 0.5) is 0 Å². The third-order valence-electron chi connectivity index (χ3n) is 5.56. The van der Waals surface area contributed by atoms with Crippen molar-refractivity contribution in [3.05, 3.63) is 0 Å². The van der Waals surface area contributed by atoms with Crippen molar-refractivity contribution in [1.82, 2.24) is 0 Å². The fourth-order valence-electron chi connectivity index (χ4n) is 3.16. The van der Waals surface area contributed by atoms with Crippen molar-refractivity contribution in [3.63, 3.8) is 0 Å². The van der Waals surface area contributed by atoms with E-state index in [1.807, 2.05) is 0 Å². The second-order valence-corrected chi connectivity index (χ2v) is 9.44. The average Bonchev–Trinajstić information content (AvgIpc) is 3.10. The minimum atomic E-state index is -1.56. The van der Waals surface area contributed by atoms with Crippen molar-refractivity contribution in [2.75, 3.05) is 165 Å². The lowest BCUT2D eigenvalue weighted by Gasteiger charge is -2.09. The molecule has 0 aromatic heterocycles. The first-order valence-electron chi connectivity index (χ1n) is 16.4. The van der Waals surface area contributed by atoms with E-state index in [9.17, 15) is 14.4 Å². The first-order valence-corrected chi connectivity index (χ1v) is 16.4. The largest absolute Gasteiger partial charge is 0.476 e. The summed E-state index contributed by atoms with van der Waals surface area (Å²) < 4.78 is 69.3. The van der Waals surface area contributed by atoms with Crippen LogP contribution in [0.3, 0.4) is 0 Å². The smallest absolute Gasteiger partial charge is 0.372 e. The van der Waals surface area contributed by atoms with Gasteiger partial charge in [-0.1, -0.05) is 5.92 Å². The number of ketones is 1. The molecule has 0 heterocycles. The first kappa shape index (κ1) is 46.7. The Balaban J connectivity index is 3.11. The van der Waals surface area contributed by atoms with Crippen LogP contribution in [0, 0.1) is 12.3 Å². The second-order valence-electron chi connectivity index (χ2n) is 9.44. The maximum Gasteiger partial charge on any atom is 0.372 e. The predicted octanol–water partition coefficient (Wildman–Crippen LogP) is -0.204. The van der Waals surface area contributed by atoms with Gasteiger partial charge in [0.05, 0.1) is 158 Å². The molecule has 0 saturated carbocycles. The Morgan fingerprint density at radius 3 is 0.878 bits per heavy atom. The van der Waals surface area contributed by atoms with Gasteiger partial charge < -0.3 is 66.7 Å². The van der Waals surface area contributed by atoms with Crippen LogP contribution < -0.4 is 0 Å². The van der Waals surface area contributed by atoms with Crippen molar-refractivity contribution in [3.8, 4) is 12.3 Å². The van der Waals surface area contributed by atoms with E-state index in [1.54, 1.807) is 0 Å². The van der Waals surface area contributed by atoms with E-state index < -0.39 is 17.7 Å². The Kier molecular flexibility index (Phi) is 38.2. The maximum absolute atomic E-state index is 11.4. The Labute approximate surface area is 289 Å². The molecule has 49 heavy (non-hydrogen) atoms. The number of ether oxygens (including phenoxy) is 13. The van der Waals surface area contributed by atoms with Gasteiger partial charge in [-0.05, 0) is 0 Å². The number of Topliss-reactive ketones (excluding diaryl/α,β-unsaturated/α-hetero) is 1. The molecule has 0 bridgehead atoms. The minimum Gasteiger partial charge on any atom is -0.476 e. The number of carboxylic acids is 1. The van der Waals surface area contributed by atoms with Gasteiger partial charge in [-0.15, -0.1) is 6.42 Å². The Hall–Kier alpha value is -2.31. The van der Waals surface area contributed by atoms with E-state index in [-0.39, 0.29) is 26.1 Å². The molecule has 286 valence electrons. The van der Waals surface area contributed by atoms with Crippen molar-refractivity contribution in [1.29, 1.82) is 0 Å². The number of esters is 1. The van der Waals surface area contributed by atoms with Gasteiger partial charge in [0.15, 0.2) is 0 Å². The van der Waals surface area contributed by atoms with Crippen molar-refractivity contribution < 1.29 is 81.1 Å². The van der Waals surface area contributed by atoms with E-state index >= 15 is 0 Å². The van der Waals surface area contributed by atoms with Crippen LogP contribution in [0.5, 0.6) is 0 Å². The second kappa shape index (κ2) is 40.1. The standard InChI is InChI=1S/C32H56O17/c1-2-5-37-6-7-38-8-9-39-10-11-40-12-13-41-14-15-42-16-17-43-18-19-44-20-21-45-22-23-46-24-25-47-26-27-48-28-29-49-31(34)4-3-30(33)32(35)36/h1H,3-29H2,(H,35,36). The zero-order chi connectivity index (χ0) is 35.7. The van der Waals surface area contributed by atoms with Gasteiger partial charge in [0.25, 0.3) is 0 Å². The van der Waals surface area contributed by atoms with E-state index in [0.29, 0.717) is 152 Å². The van der Waals surface area contributed by atoms with Crippen molar-refractivity contribution in [2.45, 2.75) is 12.8 Å². The van der Waals surface area contributed by atoms with Gasteiger partial charge in [-0.2, -0.15) is 0 Å². The topological polar surface area (TPSA) is 191 Å². The van der Waals surface area contributed by atoms with Gasteiger partial charge in [-0.25, -0.2) is 4.79 Å². The highest BCUT2D eigenvalue weighted by molar-refractivity contribution is 6.32. The molecule has 0 aliphatic heterocycles. The van der Waals surface area contributed by atoms with Crippen molar-refractivity contribution >= 4 is 17.7 Å². The SMILES string of the molecule is C#CCOCCOCCOCCOCCOCCOCCOCCOCCOCCOCCOCCOCCOC(=O)CCC(=O)C(=O)O. The molecule has 0 fully saturated rings. The zero-order valence-corrected chi connectivity index (χ0v) is 28.6. The Bertz CT molecular complexity index is 792. The zero-order valence-electron chi connectivity index (χ0n) is 28.6. The quantitative estimate of drug-likeness (QED) is 0.0379. The summed E-state index contributed by atoms with van der Waals surface area (Å²) in [5, 5.41) is 8.44. The molecule has 0 unspecified atom stereocenters. The van der Waals surface area contributed by atoms with Gasteiger partial charge >= 0.3 is 11.9 Å². The molecule has 0 aliphatic carbocycles. The van der Waals surface area contributed by atoms with Crippen LogP contribution in [0.2, 0.25) is 0 Å². The van der Waals surface area contributed by atoms with Crippen LogP contribution in [0.25, 0.3) is 0 Å². The number of hydrogen-bond donors (Lipinski definition) is 1. The summed E-state index contributed by atoms with van der Waals surface area (Å²) in [4.78, 5) is 32.6. The third-order valence-corrected chi connectivity index (χ3v) is 5.56. The lowest BCUT2D eigenvalue weighted by atomic mass is 10.2. The van der Waals surface area contributed by atoms with E-state index in [1.165, 1.54) is 0 Å². The molecule has 0 aliphatic rings. The van der Waals surface area contributed by atoms with E-state index in [0.717, 1.165) is 0 Å². The lowest BCUT2D eigenvalue weighted by molar-refractivity contribution is -0.151. The van der Waals surface area contributed by atoms with Gasteiger partial charge in [0.2, 0.25) is 5.78 Å². The summed E-state index contributed by atoms with van der Waals surface area (Å²) in [5.41, 5.74) is 0. The van der Waals surface area contributed by atoms with Gasteiger partial charge in [0.1, 0.15) is 13.2 Å². The molecule has 0 aromatic carbocycles. The molecule has 0 radical (unpaired) electrons. The summed E-state index contributed by atoms with van der Waals surface area (Å²) in [6.45, 7) is 10.5. The highest BCUT2D eigenvalue weighted by atomic mass is 16.6. The third kappa shape index (κ3) is 40.0. The summed E-state index contributed by atoms with van der Waals surface area (Å²) in [6, 6.07) is 0. The van der Waals surface area contributed by atoms with Crippen LogP contribution in [0.15, 0.2) is 0 Å². The van der Waals surface area contributed by atoms with Crippen LogP contribution in [0.1, 0.15) is 12.8 Å². The molecule has 0 spiro atoms. The van der Waals surface area contributed by atoms with E-state index in [4.69, 9.17) is 73.1 Å². The summed E-state index contributed by atoms with van der Waals surface area (Å²) in [5.74, 6) is -0.855. The fraction of sp³-hybridized carbons (Fsp3) is 0.844. The lowest BCUT2D eigenvalue weighted by Crippen LogP contribution is -2.17. The number of rotatable bonds is 41. The highest BCUT2D eigenvalue weighted by Crippen LogP contribution is 1.95. The summed E-state index contributed by atoms with van der Waals surface area (Å²) >= 11 is 0. The number of hydrogen-bond acceptors (Lipinski definition) is 16. The van der Waals surface area contributed by atoms with Gasteiger partial charge in [-0.3, -0.25) is 9.59 Å². The van der Waals surface area contributed by atoms with Crippen LogP contribution in [-0.4, -0.2) is 188 Å². The molecular formula is C32H56O17. The molecule has 17 nitrogen and oxygen atoms in total. The predicted molar refractivity (Wildman–Crippen MR) is 171 cm³/mol. The number of carboxylic acid groups (broad SMARTS) is 1. The molecular weight excluding hydrogens is 656 g/mol. The first-order chi connectivity index (χ1) is 24.1. The number of carbonyl (C=O) groups is 3. The number of carbonyl (C=O) groups excluding carboxylic acids is 2. The van der Waals surface area contributed by atoms with Crippen molar-refractivity contribution in [2.24, 2.45) is 0 Å². The van der Waals surface area contributed by atoms with Crippen LogP contribution >= 0.6 is 0 Å².